The molecule has 3 heteroatoms. The van der Waals surface area contributed by atoms with Gasteiger partial charge in [0.25, 0.3) is 0 Å². The van der Waals surface area contributed by atoms with E-state index < -0.39 is 21.3 Å². The van der Waals surface area contributed by atoms with Gasteiger partial charge in [-0.15, -0.1) is 0 Å². The zero-order valence-corrected chi connectivity index (χ0v) is 37.7. The first kappa shape index (κ1) is 37.4. The van der Waals surface area contributed by atoms with Crippen LogP contribution in [-0.4, -0.2) is 3.21 Å². The van der Waals surface area contributed by atoms with Crippen LogP contribution in [0.1, 0.15) is 81.3 Å². The molecule has 0 spiro atoms. The zero-order valence-electron chi connectivity index (χ0n) is 32.0. The molecule has 0 fully saturated rings. The molecule has 0 aromatic heterocycles. The van der Waals surface area contributed by atoms with Gasteiger partial charge in [0.15, 0.2) is 0 Å². The molecule has 6 aromatic carbocycles. The number of fused-ring (bicyclic) bond motifs is 3. The van der Waals surface area contributed by atoms with E-state index in [0.717, 1.165) is 21.8 Å². The summed E-state index contributed by atoms with van der Waals surface area (Å²) in [5.41, 5.74) is 16.7. The first-order valence-corrected chi connectivity index (χ1v) is 24.3. The van der Waals surface area contributed by atoms with E-state index in [9.17, 15) is 0 Å². The predicted molar refractivity (Wildman–Crippen MR) is 236 cm³/mol. The van der Waals surface area contributed by atoms with Crippen molar-refractivity contribution >= 4 is 38.3 Å². The van der Waals surface area contributed by atoms with Crippen molar-refractivity contribution in [3.05, 3.63) is 191 Å². The Bertz CT molecular complexity index is 2420. The van der Waals surface area contributed by atoms with E-state index in [-0.39, 0.29) is 10.8 Å². The van der Waals surface area contributed by atoms with Crippen LogP contribution in [0.15, 0.2) is 158 Å². The fraction of sp³-hybridized carbons (Fsp3) is 0.196. The van der Waals surface area contributed by atoms with Crippen LogP contribution < -0.4 is 3.27 Å². The van der Waals surface area contributed by atoms with E-state index in [1.165, 1.54) is 70.0 Å². The molecule has 2 aliphatic carbocycles. The molecule has 0 unspecified atom stereocenters. The molecule has 54 heavy (non-hydrogen) atoms. The molecule has 0 nitrogen and oxygen atoms in total. The normalized spacial score (nSPS) is 13.4. The van der Waals surface area contributed by atoms with Gasteiger partial charge in [-0.1, -0.05) is 0 Å². The zero-order chi connectivity index (χ0) is 37.8. The van der Waals surface area contributed by atoms with Crippen LogP contribution in [0.4, 0.5) is 0 Å². The second kappa shape index (κ2) is 14.9. The van der Waals surface area contributed by atoms with Gasteiger partial charge in [-0.25, -0.2) is 0 Å². The van der Waals surface area contributed by atoms with Gasteiger partial charge in [0, 0.05) is 0 Å². The number of halogens is 2. The fourth-order valence-electron chi connectivity index (χ4n) is 8.40. The van der Waals surface area contributed by atoms with Gasteiger partial charge in [0.05, 0.1) is 0 Å². The number of rotatable bonds is 6. The summed E-state index contributed by atoms with van der Waals surface area (Å²) in [5.74, 6) is 0. The minimum absolute atomic E-state index is 0.0198. The monoisotopic (exact) mass is 906 g/mol. The molecule has 0 radical (unpaired) electrons. The summed E-state index contributed by atoms with van der Waals surface area (Å²) in [6, 6.07) is 48.3. The average molecular weight is 910 g/mol. The van der Waals surface area contributed by atoms with Crippen LogP contribution in [-0.2, 0) is 38.5 Å². The summed E-state index contributed by atoms with van der Waals surface area (Å²) in [6.45, 7) is 14.3. The summed E-state index contributed by atoms with van der Waals surface area (Å²) >= 11 is 4.45. The van der Waals surface area contributed by atoms with Crippen molar-refractivity contribution in [3.8, 4) is 33.4 Å². The summed E-state index contributed by atoms with van der Waals surface area (Å²) in [7, 11) is 0. The van der Waals surface area contributed by atoms with Gasteiger partial charge in [0.1, 0.15) is 0 Å². The molecular weight excluding hydrogens is 864 g/mol. The molecule has 0 aliphatic heterocycles. The maximum atomic E-state index is 3.76. The average Bonchev–Trinajstić information content (AvgIpc) is 3.82. The standard InChI is InChI=1S/C33H33.C13H8Br2.C5H5.Zr/c1-32(2,3)30-20-26-24(18-28(30)22-13-9-7-10-14-22)17-25-19-29(23-15-11-8-12-16-23)31(21-27(25)26)33(4,5)6;14-12-5-1-10(2-6-12)9-11-3-7-13(15)8-4-11;1-2-4-5-3-1;/h7-16,18,20-21H,17H2,1-6H3;1-8H;1-3H,4H2;. The molecule has 0 heterocycles. The first-order valence-electron chi connectivity index (χ1n) is 19.0. The maximum absolute atomic E-state index is 3.76. The van der Waals surface area contributed by atoms with Gasteiger partial charge in [0.2, 0.25) is 0 Å². The second-order valence-electron chi connectivity index (χ2n) is 16.8. The van der Waals surface area contributed by atoms with Gasteiger partial charge in [-0.2, -0.15) is 0 Å². The fourth-order valence-corrected chi connectivity index (χ4v) is 17.4. The summed E-state index contributed by atoms with van der Waals surface area (Å²) in [4.78, 5) is 0. The summed E-state index contributed by atoms with van der Waals surface area (Å²) in [5, 5.41) is 0. The SMILES string of the molecule is CC(C)(C)c1cc2c(cc1-c1ccccc1)Cc1c-2cc(C(C)(C)C)c(-c2ccccc2)[c]1[Zr]([C]1=CC=CC1)=[C](c1ccc(Br)cc1)c1ccc(Br)cc1. The third kappa shape index (κ3) is 7.18. The molecule has 0 N–H and O–H groups in total. The quantitative estimate of drug-likeness (QED) is 0.156. The van der Waals surface area contributed by atoms with Crippen LogP contribution in [0, 0.1) is 0 Å². The molecule has 6 aromatic rings. The topological polar surface area (TPSA) is 0 Å². The molecule has 268 valence electrons. The Labute approximate surface area is 346 Å². The van der Waals surface area contributed by atoms with Gasteiger partial charge < -0.3 is 0 Å². The molecular formula is C51H46Br2Zr. The minimum atomic E-state index is -3.07. The first-order chi connectivity index (χ1) is 25.9. The Balaban J connectivity index is 1.55. The van der Waals surface area contributed by atoms with Crippen molar-refractivity contribution in [1.82, 2.24) is 0 Å². The van der Waals surface area contributed by atoms with Gasteiger partial charge >= 0.3 is 349 Å². The summed E-state index contributed by atoms with van der Waals surface area (Å²) in [6.07, 6.45) is 9.11. The predicted octanol–water partition coefficient (Wildman–Crippen LogP) is 14.1. The van der Waals surface area contributed by atoms with E-state index >= 15 is 0 Å². The van der Waals surface area contributed by atoms with E-state index in [4.69, 9.17) is 0 Å². The van der Waals surface area contributed by atoms with Crippen LogP contribution in [0.5, 0.6) is 0 Å². The Morgan fingerprint density at radius 3 is 1.63 bits per heavy atom. The van der Waals surface area contributed by atoms with Crippen molar-refractivity contribution < 1.29 is 21.3 Å². The van der Waals surface area contributed by atoms with Crippen molar-refractivity contribution in [3.63, 3.8) is 0 Å². The van der Waals surface area contributed by atoms with Gasteiger partial charge in [-0.05, 0) is 0 Å². The molecule has 0 saturated carbocycles. The Kier molecular flexibility index (Phi) is 10.3. The Morgan fingerprint density at radius 1 is 0.574 bits per heavy atom. The number of hydrogen-bond acceptors (Lipinski definition) is 0. The number of benzene rings is 6. The van der Waals surface area contributed by atoms with E-state index in [2.05, 4.69) is 219 Å². The van der Waals surface area contributed by atoms with E-state index in [0.29, 0.717) is 0 Å². The van der Waals surface area contributed by atoms with Gasteiger partial charge in [-0.3, -0.25) is 0 Å². The van der Waals surface area contributed by atoms with Crippen molar-refractivity contribution in [1.29, 1.82) is 0 Å². The van der Waals surface area contributed by atoms with Crippen molar-refractivity contribution in [2.75, 3.05) is 0 Å². The molecule has 0 atom stereocenters. The van der Waals surface area contributed by atoms with E-state index in [1.807, 2.05) is 0 Å². The van der Waals surface area contributed by atoms with Crippen molar-refractivity contribution in [2.24, 2.45) is 0 Å². The number of hydrogen-bond donors (Lipinski definition) is 0. The Morgan fingerprint density at radius 2 is 1.11 bits per heavy atom. The van der Waals surface area contributed by atoms with Crippen LogP contribution in [0.25, 0.3) is 33.4 Å². The van der Waals surface area contributed by atoms with Crippen LogP contribution in [0.2, 0.25) is 0 Å². The molecule has 0 bridgehead atoms. The van der Waals surface area contributed by atoms with Crippen LogP contribution >= 0.6 is 31.9 Å². The summed E-state index contributed by atoms with van der Waals surface area (Å²) < 4.78 is 7.01. The molecule has 0 saturated heterocycles. The second-order valence-corrected chi connectivity index (χ2v) is 24.5. The van der Waals surface area contributed by atoms with E-state index in [1.54, 1.807) is 6.55 Å². The third-order valence-electron chi connectivity index (χ3n) is 11.0. The number of allylic oxidation sites excluding steroid dienone is 4. The molecule has 8 rings (SSSR count). The van der Waals surface area contributed by atoms with Crippen LogP contribution in [0.3, 0.4) is 0 Å². The molecule has 0 amide bonds. The molecule has 2 aliphatic rings. The van der Waals surface area contributed by atoms with Crippen molar-refractivity contribution in [2.45, 2.75) is 65.2 Å². The third-order valence-corrected chi connectivity index (χ3v) is 19.7. The Hall–Kier alpha value is -3.49.